The maximum Gasteiger partial charge on any atom is 0.322 e. The molecule has 3 amide bonds. The van der Waals surface area contributed by atoms with E-state index in [1.807, 2.05) is 46.7 Å². The molecular weight excluding hydrogens is 682 g/mol. The van der Waals surface area contributed by atoms with Crippen molar-refractivity contribution in [1.29, 1.82) is 0 Å². The van der Waals surface area contributed by atoms with E-state index in [9.17, 15) is 18.4 Å². The normalized spacial score (nSPS) is 16.2. The van der Waals surface area contributed by atoms with E-state index in [0.717, 1.165) is 52.2 Å². The van der Waals surface area contributed by atoms with Crippen LogP contribution in [-0.2, 0) is 24.3 Å². The number of H-pyrrole nitrogens is 1. The Bertz CT molecular complexity index is 1970. The van der Waals surface area contributed by atoms with Gasteiger partial charge in [-0.15, -0.1) is 0 Å². The number of halogens is 3. The Morgan fingerprint density at radius 3 is 2.62 bits per heavy atom. The number of hydrogen-bond acceptors (Lipinski definition) is 5. The fraction of sp³-hybridized carbons (Fsp3) is 0.314. The number of aromatic nitrogens is 4. The van der Waals surface area contributed by atoms with Gasteiger partial charge < -0.3 is 20.1 Å². The number of anilines is 1. The average Bonchev–Trinajstić information content (AvgIpc) is 3.67. The highest BCUT2D eigenvalue weighted by molar-refractivity contribution is 9.10. The molecule has 1 fully saturated rings. The Morgan fingerprint density at radius 2 is 1.83 bits per heavy atom. The maximum atomic E-state index is 14.1. The molecule has 3 aromatic carbocycles. The molecule has 0 saturated carbocycles. The van der Waals surface area contributed by atoms with E-state index in [0.29, 0.717) is 42.0 Å². The summed E-state index contributed by atoms with van der Waals surface area (Å²) in [7, 11) is 0. The third-order valence-electron chi connectivity index (χ3n) is 9.22. The summed E-state index contributed by atoms with van der Waals surface area (Å²) in [6.07, 6.45) is 5.36. The summed E-state index contributed by atoms with van der Waals surface area (Å²) in [4.78, 5) is 35.2. The molecule has 248 valence electrons. The summed E-state index contributed by atoms with van der Waals surface area (Å²) >= 11 is 3.55. The summed E-state index contributed by atoms with van der Waals surface area (Å²) in [5, 5.41) is 14.4. The SMILES string of the molecule is Cc1cc(CC(NC(=O)CN2CCC(N3Cc4ccccc4NC3=O)CC2)c2ncc(Br)n2Cc2cc(F)cc(F)c2)cc2cn[nH]c12. The average molecular weight is 718 g/mol. The minimum Gasteiger partial charge on any atom is -0.345 e. The molecule has 3 N–H and O–H groups in total. The summed E-state index contributed by atoms with van der Waals surface area (Å²) in [5.74, 6) is -0.927. The van der Waals surface area contributed by atoms with E-state index < -0.39 is 17.7 Å². The number of carbonyl (C=O) groups is 2. The number of rotatable bonds is 9. The zero-order chi connectivity index (χ0) is 33.4. The molecule has 10 nitrogen and oxygen atoms in total. The maximum absolute atomic E-state index is 14.1. The first-order valence-corrected chi connectivity index (χ1v) is 16.7. The number of nitrogens with zero attached hydrogens (tertiary/aromatic N) is 5. The van der Waals surface area contributed by atoms with Crippen molar-refractivity contribution in [1.82, 2.24) is 34.9 Å². The van der Waals surface area contributed by atoms with E-state index >= 15 is 0 Å². The summed E-state index contributed by atoms with van der Waals surface area (Å²) in [6.45, 7) is 4.27. The second-order valence-electron chi connectivity index (χ2n) is 12.6. The monoisotopic (exact) mass is 716 g/mol. The number of carbonyl (C=O) groups excluding carboxylic acids is 2. The lowest BCUT2D eigenvalue weighted by molar-refractivity contribution is -0.123. The molecule has 0 aliphatic carbocycles. The Hall–Kier alpha value is -4.62. The van der Waals surface area contributed by atoms with E-state index in [1.165, 1.54) is 12.1 Å². The lowest BCUT2D eigenvalue weighted by Gasteiger charge is -2.40. The number of likely N-dealkylation sites (tertiary alicyclic amines) is 1. The van der Waals surface area contributed by atoms with Gasteiger partial charge in [-0.2, -0.15) is 5.10 Å². The molecular formula is C35H35BrF2N8O2. The number of fused-ring (bicyclic) bond motifs is 2. The van der Waals surface area contributed by atoms with Crippen LogP contribution in [0.3, 0.4) is 0 Å². The highest BCUT2D eigenvalue weighted by Crippen LogP contribution is 2.29. The number of aromatic amines is 1. The molecule has 0 spiro atoms. The minimum absolute atomic E-state index is 0.0841. The van der Waals surface area contributed by atoms with Crippen LogP contribution >= 0.6 is 15.9 Å². The molecule has 2 aliphatic heterocycles. The van der Waals surface area contributed by atoms with Gasteiger partial charge >= 0.3 is 6.03 Å². The fourth-order valence-electron chi connectivity index (χ4n) is 6.91. The van der Waals surface area contributed by atoms with Crippen LogP contribution in [-0.4, -0.2) is 67.2 Å². The van der Waals surface area contributed by atoms with Crippen molar-refractivity contribution in [2.45, 2.75) is 51.4 Å². The summed E-state index contributed by atoms with van der Waals surface area (Å²) in [5.41, 5.74) is 5.35. The second-order valence-corrected chi connectivity index (χ2v) is 13.4. The smallest absolute Gasteiger partial charge is 0.322 e. The standard InChI is InChI=1S/C35H35BrF2N8O2/c1-21-10-22(11-25-16-40-43-33(21)25)14-30(34-39-17-31(36)46(34)18-23-12-26(37)15-27(38)13-23)41-32(47)20-44-8-6-28(7-9-44)45-19-24-4-2-3-5-29(24)42-35(45)48/h2-5,10-13,15-17,28,30H,6-9,14,18-20H2,1H3,(H,40,43)(H,41,47)(H,42,48). The van der Waals surface area contributed by atoms with Gasteiger partial charge in [0.15, 0.2) is 0 Å². The van der Waals surface area contributed by atoms with Crippen LogP contribution in [0.2, 0.25) is 0 Å². The van der Waals surface area contributed by atoms with E-state index in [-0.39, 0.29) is 31.1 Å². The van der Waals surface area contributed by atoms with Gasteiger partial charge in [0.2, 0.25) is 5.91 Å². The van der Waals surface area contributed by atoms with Gasteiger partial charge in [0, 0.05) is 42.8 Å². The summed E-state index contributed by atoms with van der Waals surface area (Å²) < 4.78 is 30.6. The third kappa shape index (κ3) is 6.83. The van der Waals surface area contributed by atoms with Crippen molar-refractivity contribution in [2.75, 3.05) is 25.0 Å². The van der Waals surface area contributed by atoms with Crippen LogP contribution in [0.25, 0.3) is 10.9 Å². The van der Waals surface area contributed by atoms with Crippen molar-refractivity contribution < 1.29 is 18.4 Å². The molecule has 5 aromatic rings. The number of benzene rings is 3. The number of piperidine rings is 1. The highest BCUT2D eigenvalue weighted by Gasteiger charge is 2.32. The Morgan fingerprint density at radius 1 is 1.06 bits per heavy atom. The van der Waals surface area contributed by atoms with Crippen molar-refractivity contribution in [3.05, 3.63) is 111 Å². The van der Waals surface area contributed by atoms with Crippen LogP contribution in [0, 0.1) is 18.6 Å². The van der Waals surface area contributed by atoms with Gasteiger partial charge in [0.1, 0.15) is 22.1 Å². The van der Waals surface area contributed by atoms with E-state index in [4.69, 9.17) is 0 Å². The quantitative estimate of drug-likeness (QED) is 0.172. The van der Waals surface area contributed by atoms with Gasteiger partial charge in [0.05, 0.1) is 37.0 Å². The molecule has 1 unspecified atom stereocenters. The van der Waals surface area contributed by atoms with Crippen molar-refractivity contribution in [3.8, 4) is 0 Å². The number of para-hydroxylation sites is 1. The zero-order valence-corrected chi connectivity index (χ0v) is 27.9. The molecule has 1 atom stereocenters. The third-order valence-corrected chi connectivity index (χ3v) is 9.85. The predicted molar refractivity (Wildman–Crippen MR) is 181 cm³/mol. The molecule has 48 heavy (non-hydrogen) atoms. The van der Waals surface area contributed by atoms with Gasteiger partial charge in [-0.25, -0.2) is 18.6 Å². The Balaban J connectivity index is 1.07. The number of nitrogens with one attached hydrogen (secondary N) is 3. The second kappa shape index (κ2) is 13.5. The van der Waals surface area contributed by atoms with E-state index in [2.05, 4.69) is 52.7 Å². The molecule has 4 heterocycles. The highest BCUT2D eigenvalue weighted by atomic mass is 79.9. The van der Waals surface area contributed by atoms with Crippen LogP contribution in [0.15, 0.2) is 71.6 Å². The van der Waals surface area contributed by atoms with Crippen LogP contribution < -0.4 is 10.6 Å². The van der Waals surface area contributed by atoms with Gasteiger partial charge in [-0.05, 0) is 88.6 Å². The first-order valence-electron chi connectivity index (χ1n) is 16.0. The lowest BCUT2D eigenvalue weighted by Crippen LogP contribution is -2.51. The number of urea groups is 1. The van der Waals surface area contributed by atoms with Crippen molar-refractivity contribution in [2.24, 2.45) is 0 Å². The molecule has 1 saturated heterocycles. The molecule has 2 aliphatic rings. The first-order chi connectivity index (χ1) is 23.2. The topological polar surface area (TPSA) is 111 Å². The van der Waals surface area contributed by atoms with Crippen molar-refractivity contribution in [3.63, 3.8) is 0 Å². The van der Waals surface area contributed by atoms with Crippen LogP contribution in [0.5, 0.6) is 0 Å². The number of aryl methyl sites for hydroxylation is 1. The van der Waals surface area contributed by atoms with Gasteiger partial charge in [-0.3, -0.25) is 14.8 Å². The first kappa shape index (κ1) is 32.0. The minimum atomic E-state index is -0.661. The zero-order valence-electron chi connectivity index (χ0n) is 26.3. The molecule has 0 bridgehead atoms. The molecule has 2 aromatic heterocycles. The number of amides is 3. The van der Waals surface area contributed by atoms with Gasteiger partial charge in [-0.1, -0.05) is 24.3 Å². The Kier molecular flexibility index (Phi) is 8.97. The van der Waals surface area contributed by atoms with Crippen LogP contribution in [0.1, 0.15) is 47.0 Å². The number of imidazole rings is 1. The molecule has 0 radical (unpaired) electrons. The summed E-state index contributed by atoms with van der Waals surface area (Å²) in [6, 6.07) is 14.8. The molecule has 13 heteroatoms. The Labute approximate surface area is 284 Å². The van der Waals surface area contributed by atoms with Crippen molar-refractivity contribution >= 4 is 44.5 Å². The van der Waals surface area contributed by atoms with Crippen LogP contribution in [0.4, 0.5) is 19.3 Å². The number of hydrogen-bond donors (Lipinski definition) is 3. The largest absolute Gasteiger partial charge is 0.345 e. The van der Waals surface area contributed by atoms with E-state index in [1.54, 1.807) is 12.4 Å². The van der Waals surface area contributed by atoms with Gasteiger partial charge in [0.25, 0.3) is 0 Å². The predicted octanol–water partition coefficient (Wildman–Crippen LogP) is 6.07. The molecule has 7 rings (SSSR count). The lowest BCUT2D eigenvalue weighted by atomic mass is 10.00. The fourth-order valence-corrected chi connectivity index (χ4v) is 7.32.